The third kappa shape index (κ3) is 2.72. The van der Waals surface area contributed by atoms with Crippen molar-refractivity contribution in [2.24, 2.45) is 0 Å². The number of hydrogen-bond donors (Lipinski definition) is 1. The molecule has 0 spiro atoms. The van der Waals surface area contributed by atoms with E-state index in [1.807, 2.05) is 24.3 Å². The molecule has 0 saturated heterocycles. The highest BCUT2D eigenvalue weighted by atomic mass is 16.5. The van der Waals surface area contributed by atoms with Crippen LogP contribution in [0.4, 0.5) is 5.69 Å². The summed E-state index contributed by atoms with van der Waals surface area (Å²) in [4.78, 5) is 7.94. The maximum Gasteiger partial charge on any atom is 0.124 e. The summed E-state index contributed by atoms with van der Waals surface area (Å²) in [5.74, 6) is 0.879. The molecule has 1 heterocycles. The molecule has 0 aliphatic rings. The van der Waals surface area contributed by atoms with Gasteiger partial charge in [-0.1, -0.05) is 18.2 Å². The predicted molar refractivity (Wildman–Crippen MR) is 67.1 cm³/mol. The molecule has 0 saturated carbocycles. The molecule has 1 aromatic heterocycles. The van der Waals surface area contributed by atoms with Gasteiger partial charge in [-0.3, -0.25) is 0 Å². The predicted octanol–water partition coefficient (Wildman–Crippen LogP) is 2.66. The van der Waals surface area contributed by atoms with E-state index in [0.29, 0.717) is 0 Å². The van der Waals surface area contributed by atoms with E-state index < -0.39 is 0 Å². The summed E-state index contributed by atoms with van der Waals surface area (Å²) in [6.45, 7) is 2.07. The maximum absolute atomic E-state index is 5.33. The van der Waals surface area contributed by atoms with Crippen molar-refractivity contribution in [2.45, 2.75) is 13.0 Å². The lowest BCUT2D eigenvalue weighted by Gasteiger charge is -2.17. The van der Waals surface area contributed by atoms with Gasteiger partial charge < -0.3 is 10.1 Å². The van der Waals surface area contributed by atoms with Crippen molar-refractivity contribution in [3.8, 4) is 5.75 Å². The second-order valence-corrected chi connectivity index (χ2v) is 3.74. The minimum absolute atomic E-state index is 0.136. The van der Waals surface area contributed by atoms with Crippen molar-refractivity contribution >= 4 is 5.69 Å². The molecule has 1 atom stereocenters. The second-order valence-electron chi connectivity index (χ2n) is 3.74. The number of hydrogen-bond acceptors (Lipinski definition) is 4. The minimum atomic E-state index is 0.136. The van der Waals surface area contributed by atoms with Crippen LogP contribution in [0.15, 0.2) is 43.0 Å². The van der Waals surface area contributed by atoms with E-state index in [2.05, 4.69) is 22.2 Å². The Kier molecular flexibility index (Phi) is 3.55. The zero-order valence-corrected chi connectivity index (χ0v) is 9.92. The van der Waals surface area contributed by atoms with Crippen LogP contribution < -0.4 is 10.1 Å². The highest BCUT2D eigenvalue weighted by Gasteiger charge is 2.10. The molecule has 0 fully saturated rings. The van der Waals surface area contributed by atoms with E-state index in [9.17, 15) is 0 Å². The van der Waals surface area contributed by atoms with Crippen molar-refractivity contribution in [2.75, 3.05) is 12.4 Å². The number of para-hydroxylation sites is 1. The normalized spacial score (nSPS) is 11.9. The molecule has 2 aromatic rings. The summed E-state index contributed by atoms with van der Waals surface area (Å²) in [5, 5.41) is 3.33. The summed E-state index contributed by atoms with van der Waals surface area (Å²) < 4.78 is 5.33. The third-order valence-corrected chi connectivity index (χ3v) is 2.55. The fourth-order valence-corrected chi connectivity index (χ4v) is 1.73. The fraction of sp³-hybridized carbons (Fsp3) is 0.231. The molecule has 1 N–H and O–H groups in total. The van der Waals surface area contributed by atoms with Gasteiger partial charge in [0, 0.05) is 5.56 Å². The highest BCUT2D eigenvalue weighted by molar-refractivity contribution is 5.44. The van der Waals surface area contributed by atoms with Crippen molar-refractivity contribution in [1.29, 1.82) is 0 Å². The van der Waals surface area contributed by atoms with E-state index in [-0.39, 0.29) is 6.04 Å². The van der Waals surface area contributed by atoms with Crippen LogP contribution in [0.2, 0.25) is 0 Å². The average Bonchev–Trinajstić information content (AvgIpc) is 2.40. The smallest absolute Gasteiger partial charge is 0.124 e. The van der Waals surface area contributed by atoms with Gasteiger partial charge >= 0.3 is 0 Å². The van der Waals surface area contributed by atoms with Gasteiger partial charge in [0.05, 0.1) is 31.2 Å². The first-order valence-corrected chi connectivity index (χ1v) is 5.45. The zero-order valence-electron chi connectivity index (χ0n) is 9.92. The lowest BCUT2D eigenvalue weighted by molar-refractivity contribution is 0.408. The van der Waals surface area contributed by atoms with Gasteiger partial charge in [0.25, 0.3) is 0 Å². The van der Waals surface area contributed by atoms with Crippen molar-refractivity contribution in [1.82, 2.24) is 9.97 Å². The Morgan fingerprint density at radius 1 is 1.18 bits per heavy atom. The number of nitrogens with one attached hydrogen (secondary N) is 1. The summed E-state index contributed by atoms with van der Waals surface area (Å²) >= 11 is 0. The second kappa shape index (κ2) is 5.30. The maximum atomic E-state index is 5.33. The largest absolute Gasteiger partial charge is 0.496 e. The van der Waals surface area contributed by atoms with Gasteiger partial charge in [0.1, 0.15) is 12.1 Å². The first-order valence-electron chi connectivity index (χ1n) is 5.45. The monoisotopic (exact) mass is 229 g/mol. The van der Waals surface area contributed by atoms with E-state index in [4.69, 9.17) is 4.74 Å². The van der Waals surface area contributed by atoms with Gasteiger partial charge in [-0.15, -0.1) is 0 Å². The summed E-state index contributed by atoms with van der Waals surface area (Å²) in [6.07, 6.45) is 5.01. The number of ether oxygens (including phenoxy) is 1. The number of rotatable bonds is 4. The molecule has 0 bridgehead atoms. The molecule has 88 valence electrons. The molecule has 2 rings (SSSR count). The first kappa shape index (κ1) is 11.4. The number of methoxy groups -OCH3 is 1. The summed E-state index contributed by atoms with van der Waals surface area (Å²) in [7, 11) is 1.68. The number of anilines is 1. The molecule has 4 nitrogen and oxygen atoms in total. The number of nitrogens with zero attached hydrogens (tertiary/aromatic N) is 2. The molecule has 0 amide bonds. The summed E-state index contributed by atoms with van der Waals surface area (Å²) in [6, 6.07) is 8.09. The van der Waals surface area contributed by atoms with Crippen LogP contribution in [0.5, 0.6) is 5.75 Å². The third-order valence-electron chi connectivity index (χ3n) is 2.55. The molecular weight excluding hydrogens is 214 g/mol. The van der Waals surface area contributed by atoms with Crippen LogP contribution >= 0.6 is 0 Å². The zero-order chi connectivity index (χ0) is 12.1. The molecule has 1 aromatic carbocycles. The molecule has 0 aliphatic carbocycles. The van der Waals surface area contributed by atoms with E-state index >= 15 is 0 Å². The Bertz CT molecular complexity index is 473. The van der Waals surface area contributed by atoms with Gasteiger partial charge in [-0.25, -0.2) is 9.97 Å². The standard InChI is InChI=1S/C13H15N3O/c1-10(16-11-7-14-9-15-8-11)12-5-3-4-6-13(12)17-2/h3-10,16H,1-2H3. The van der Waals surface area contributed by atoms with Gasteiger partial charge in [-0.2, -0.15) is 0 Å². The molecule has 4 heteroatoms. The van der Waals surface area contributed by atoms with Crippen molar-refractivity contribution in [3.63, 3.8) is 0 Å². The Morgan fingerprint density at radius 3 is 2.59 bits per heavy atom. The average molecular weight is 229 g/mol. The summed E-state index contributed by atoms with van der Waals surface area (Å²) in [5.41, 5.74) is 2.00. The van der Waals surface area contributed by atoms with Gasteiger partial charge in [-0.05, 0) is 13.0 Å². The SMILES string of the molecule is COc1ccccc1C(C)Nc1cncnc1. The Hall–Kier alpha value is -2.10. The van der Waals surface area contributed by atoms with Crippen LogP contribution in [0, 0.1) is 0 Å². The molecule has 0 radical (unpaired) electrons. The van der Waals surface area contributed by atoms with E-state index in [0.717, 1.165) is 17.0 Å². The van der Waals surface area contributed by atoms with Crippen LogP contribution in [0.3, 0.4) is 0 Å². The molecule has 0 aliphatic heterocycles. The van der Waals surface area contributed by atoms with Crippen LogP contribution in [0.1, 0.15) is 18.5 Å². The molecular formula is C13H15N3O. The van der Waals surface area contributed by atoms with E-state index in [1.165, 1.54) is 6.33 Å². The van der Waals surface area contributed by atoms with Gasteiger partial charge in [0.15, 0.2) is 0 Å². The van der Waals surface area contributed by atoms with Crippen LogP contribution in [-0.2, 0) is 0 Å². The van der Waals surface area contributed by atoms with Crippen LogP contribution in [-0.4, -0.2) is 17.1 Å². The topological polar surface area (TPSA) is 47.0 Å². The lowest BCUT2D eigenvalue weighted by Crippen LogP contribution is -2.08. The molecule has 17 heavy (non-hydrogen) atoms. The first-order chi connectivity index (χ1) is 8.31. The highest BCUT2D eigenvalue weighted by Crippen LogP contribution is 2.26. The molecule has 1 unspecified atom stereocenters. The quantitative estimate of drug-likeness (QED) is 0.875. The van der Waals surface area contributed by atoms with Gasteiger partial charge in [0.2, 0.25) is 0 Å². The number of aromatic nitrogens is 2. The minimum Gasteiger partial charge on any atom is -0.496 e. The van der Waals surface area contributed by atoms with Crippen molar-refractivity contribution in [3.05, 3.63) is 48.5 Å². The van der Waals surface area contributed by atoms with Crippen molar-refractivity contribution < 1.29 is 4.74 Å². The Morgan fingerprint density at radius 2 is 1.88 bits per heavy atom. The Labute approximate surface area is 101 Å². The van der Waals surface area contributed by atoms with Crippen LogP contribution in [0.25, 0.3) is 0 Å². The fourth-order valence-electron chi connectivity index (χ4n) is 1.73. The Balaban J connectivity index is 2.17. The lowest BCUT2D eigenvalue weighted by atomic mass is 10.1. The number of benzene rings is 1. The van der Waals surface area contributed by atoms with E-state index in [1.54, 1.807) is 19.5 Å².